The minimum atomic E-state index is -0.222. The number of benzene rings is 1. The number of rotatable bonds is 3. The number of halogens is 1. The largest absolute Gasteiger partial charge is 0.339 e. The minimum Gasteiger partial charge on any atom is -0.339 e. The molecule has 4 rings (SSSR count). The summed E-state index contributed by atoms with van der Waals surface area (Å²) in [6, 6.07) is 6.93. The molecule has 2 heterocycles. The molecule has 0 saturated carbocycles. The van der Waals surface area contributed by atoms with Gasteiger partial charge in [0.15, 0.2) is 0 Å². The van der Waals surface area contributed by atoms with E-state index in [1.165, 1.54) is 4.88 Å². The lowest BCUT2D eigenvalue weighted by Crippen LogP contribution is -2.38. The molecule has 1 fully saturated rings. The van der Waals surface area contributed by atoms with Gasteiger partial charge in [-0.3, -0.25) is 9.59 Å². The highest BCUT2D eigenvalue weighted by molar-refractivity contribution is 7.17. The van der Waals surface area contributed by atoms with E-state index in [4.69, 9.17) is 11.6 Å². The molecule has 1 unspecified atom stereocenters. The number of fused-ring (bicyclic) bond motifs is 1. The van der Waals surface area contributed by atoms with Crippen LogP contribution in [0.4, 0.5) is 5.00 Å². The number of thiophene rings is 1. The number of hydrogen-bond donors (Lipinski definition) is 1. The molecule has 0 radical (unpaired) electrons. The molecule has 1 aliphatic carbocycles. The summed E-state index contributed by atoms with van der Waals surface area (Å²) in [6.45, 7) is 10.7. The van der Waals surface area contributed by atoms with Gasteiger partial charge in [-0.15, -0.1) is 11.3 Å². The van der Waals surface area contributed by atoms with E-state index in [1.807, 2.05) is 4.90 Å². The molecule has 1 N–H and O–H groups in total. The molecule has 32 heavy (non-hydrogen) atoms. The molecule has 1 aromatic heterocycles. The number of nitrogens with one attached hydrogen (secondary N) is 1. The average Bonchev–Trinajstić information content (AvgIpc) is 3.10. The van der Waals surface area contributed by atoms with Gasteiger partial charge in [-0.1, -0.05) is 45.4 Å². The fourth-order valence-corrected chi connectivity index (χ4v) is 6.32. The van der Waals surface area contributed by atoms with Gasteiger partial charge in [-0.05, 0) is 73.1 Å². The van der Waals surface area contributed by atoms with Crippen molar-refractivity contribution in [2.75, 3.05) is 18.4 Å². The predicted molar refractivity (Wildman–Crippen MR) is 133 cm³/mol. The summed E-state index contributed by atoms with van der Waals surface area (Å²) in [7, 11) is 0. The quantitative estimate of drug-likeness (QED) is 0.541. The summed E-state index contributed by atoms with van der Waals surface area (Å²) in [5, 5.41) is 4.28. The van der Waals surface area contributed by atoms with Gasteiger partial charge in [0, 0.05) is 28.6 Å². The molecule has 0 bridgehead atoms. The van der Waals surface area contributed by atoms with Crippen LogP contribution in [-0.2, 0) is 12.8 Å². The number of piperidine rings is 1. The normalized spacial score (nSPS) is 19.5. The summed E-state index contributed by atoms with van der Waals surface area (Å²) in [6.07, 6.45) is 5.01. The SMILES string of the molecule is CC1CCN(C(=O)c2c(NC(=O)c3cccc(Cl)c3)sc3c2CCC(C(C)(C)C)C3)CC1. The van der Waals surface area contributed by atoms with Gasteiger partial charge in [0.1, 0.15) is 5.00 Å². The van der Waals surface area contributed by atoms with Gasteiger partial charge >= 0.3 is 0 Å². The van der Waals surface area contributed by atoms with Gasteiger partial charge in [0.05, 0.1) is 5.56 Å². The number of nitrogens with zero attached hydrogens (tertiary/aromatic N) is 1. The van der Waals surface area contributed by atoms with Crippen molar-refractivity contribution < 1.29 is 9.59 Å². The fourth-order valence-electron chi connectivity index (χ4n) is 4.81. The molecule has 1 atom stereocenters. The van der Waals surface area contributed by atoms with Crippen molar-refractivity contribution in [1.82, 2.24) is 4.90 Å². The number of likely N-dealkylation sites (tertiary alicyclic amines) is 1. The third kappa shape index (κ3) is 4.89. The molecule has 4 nitrogen and oxygen atoms in total. The van der Waals surface area contributed by atoms with Gasteiger partial charge in [-0.2, -0.15) is 0 Å². The molecule has 1 aromatic carbocycles. The third-order valence-electron chi connectivity index (χ3n) is 7.09. The summed E-state index contributed by atoms with van der Waals surface area (Å²) in [5.74, 6) is 1.08. The Bertz CT molecular complexity index is 1020. The second-order valence-corrected chi connectivity index (χ2v) is 12.0. The van der Waals surface area contributed by atoms with Crippen LogP contribution in [0.1, 0.15) is 78.1 Å². The zero-order chi connectivity index (χ0) is 23.0. The molecular weight excluding hydrogens is 440 g/mol. The second kappa shape index (κ2) is 9.18. The molecule has 6 heteroatoms. The van der Waals surface area contributed by atoms with E-state index in [0.717, 1.165) is 56.3 Å². The first-order chi connectivity index (χ1) is 15.1. The highest BCUT2D eigenvalue weighted by Gasteiger charge is 2.35. The van der Waals surface area contributed by atoms with Gasteiger partial charge in [0.2, 0.25) is 0 Å². The molecule has 172 valence electrons. The highest BCUT2D eigenvalue weighted by atomic mass is 35.5. The van der Waals surface area contributed by atoms with Crippen LogP contribution in [0.3, 0.4) is 0 Å². The maximum atomic E-state index is 13.7. The zero-order valence-corrected chi connectivity index (χ0v) is 21.0. The van der Waals surface area contributed by atoms with Crippen LogP contribution in [0, 0.1) is 17.3 Å². The fraction of sp³-hybridized carbons (Fsp3) is 0.538. The Morgan fingerprint density at radius 3 is 2.53 bits per heavy atom. The second-order valence-electron chi connectivity index (χ2n) is 10.5. The van der Waals surface area contributed by atoms with Crippen LogP contribution < -0.4 is 5.32 Å². The first kappa shape index (κ1) is 23.3. The van der Waals surface area contributed by atoms with Gasteiger partial charge < -0.3 is 10.2 Å². The Morgan fingerprint density at radius 1 is 1.16 bits per heavy atom. The van der Waals surface area contributed by atoms with E-state index in [2.05, 4.69) is 33.0 Å². The third-order valence-corrected chi connectivity index (χ3v) is 8.49. The van der Waals surface area contributed by atoms with Crippen LogP contribution in [0.2, 0.25) is 5.02 Å². The maximum Gasteiger partial charge on any atom is 0.257 e. The summed E-state index contributed by atoms with van der Waals surface area (Å²) >= 11 is 7.68. The molecule has 0 spiro atoms. The summed E-state index contributed by atoms with van der Waals surface area (Å²) in [5.41, 5.74) is 2.60. The number of anilines is 1. The first-order valence-electron chi connectivity index (χ1n) is 11.6. The standard InChI is InChI=1S/C26H33ClN2O2S/c1-16-10-12-29(13-11-16)25(31)22-20-9-8-18(26(2,3)4)15-21(20)32-24(22)28-23(30)17-6-5-7-19(27)14-17/h5-7,14,16,18H,8-13,15H2,1-4H3,(H,28,30). The van der Waals surface area contributed by atoms with Crippen molar-refractivity contribution in [1.29, 1.82) is 0 Å². The van der Waals surface area contributed by atoms with E-state index >= 15 is 0 Å². The van der Waals surface area contributed by atoms with Gasteiger partial charge in [-0.25, -0.2) is 0 Å². The molecule has 1 aliphatic heterocycles. The average molecular weight is 473 g/mol. The van der Waals surface area contributed by atoms with Crippen molar-refractivity contribution in [3.63, 3.8) is 0 Å². The number of carbonyl (C=O) groups excluding carboxylic acids is 2. The molecule has 2 amide bonds. The van der Waals surface area contributed by atoms with E-state index in [9.17, 15) is 9.59 Å². The maximum absolute atomic E-state index is 13.7. The topological polar surface area (TPSA) is 49.4 Å². The van der Waals surface area contributed by atoms with Crippen LogP contribution in [0.25, 0.3) is 0 Å². The predicted octanol–water partition coefficient (Wildman–Crippen LogP) is 6.68. The smallest absolute Gasteiger partial charge is 0.257 e. The molecular formula is C26H33ClN2O2S. The highest BCUT2D eigenvalue weighted by Crippen LogP contribution is 2.45. The lowest BCUT2D eigenvalue weighted by Gasteiger charge is -2.34. The number of hydrogen-bond acceptors (Lipinski definition) is 3. The van der Waals surface area contributed by atoms with Crippen LogP contribution >= 0.6 is 22.9 Å². The van der Waals surface area contributed by atoms with E-state index in [1.54, 1.807) is 35.6 Å². The van der Waals surface area contributed by atoms with Crippen molar-refractivity contribution in [3.8, 4) is 0 Å². The van der Waals surface area contributed by atoms with Crippen LogP contribution in [0.5, 0.6) is 0 Å². The van der Waals surface area contributed by atoms with Crippen LogP contribution in [0.15, 0.2) is 24.3 Å². The molecule has 2 aliphatic rings. The van der Waals surface area contributed by atoms with Crippen molar-refractivity contribution >= 4 is 39.8 Å². The zero-order valence-electron chi connectivity index (χ0n) is 19.5. The Kier molecular flexibility index (Phi) is 6.69. The minimum absolute atomic E-state index is 0.0741. The van der Waals surface area contributed by atoms with E-state index < -0.39 is 0 Å². The lowest BCUT2D eigenvalue weighted by molar-refractivity contribution is 0.0697. The van der Waals surface area contributed by atoms with Crippen molar-refractivity contribution in [2.45, 2.75) is 59.8 Å². The van der Waals surface area contributed by atoms with Crippen molar-refractivity contribution in [3.05, 3.63) is 50.9 Å². The summed E-state index contributed by atoms with van der Waals surface area (Å²) < 4.78 is 0. The Labute approximate surface area is 200 Å². The lowest BCUT2D eigenvalue weighted by atomic mass is 9.72. The summed E-state index contributed by atoms with van der Waals surface area (Å²) in [4.78, 5) is 29.9. The Hall–Kier alpha value is -1.85. The van der Waals surface area contributed by atoms with E-state index in [-0.39, 0.29) is 17.2 Å². The van der Waals surface area contributed by atoms with Gasteiger partial charge in [0.25, 0.3) is 11.8 Å². The molecule has 2 aromatic rings. The number of amides is 2. The van der Waals surface area contributed by atoms with E-state index in [0.29, 0.717) is 27.4 Å². The van der Waals surface area contributed by atoms with Crippen LogP contribution in [-0.4, -0.2) is 29.8 Å². The monoisotopic (exact) mass is 472 g/mol. The Morgan fingerprint density at radius 2 is 1.88 bits per heavy atom. The number of carbonyl (C=O) groups is 2. The molecule has 1 saturated heterocycles. The Balaban J connectivity index is 1.67. The first-order valence-corrected chi connectivity index (χ1v) is 12.8. The van der Waals surface area contributed by atoms with Crippen molar-refractivity contribution in [2.24, 2.45) is 17.3 Å².